The smallest absolute Gasteiger partial charge is 0.337 e. The average molecular weight is 462 g/mol. The molecule has 176 valence electrons. The first-order valence-corrected chi connectivity index (χ1v) is 11.0. The van der Waals surface area contributed by atoms with Crippen LogP contribution in [0.1, 0.15) is 15.9 Å². The van der Waals surface area contributed by atoms with Crippen molar-refractivity contribution in [2.24, 2.45) is 5.73 Å². The van der Waals surface area contributed by atoms with Crippen molar-refractivity contribution in [3.63, 3.8) is 0 Å². The Bertz CT molecular complexity index is 1140. The summed E-state index contributed by atoms with van der Waals surface area (Å²) in [6.07, 6.45) is 5.01. The number of carbonyl (C=O) groups is 2. The van der Waals surface area contributed by atoms with E-state index in [2.05, 4.69) is 24.8 Å². The number of likely N-dealkylation sites (N-methyl/N-ethyl adjacent to an activating group) is 1. The first-order chi connectivity index (χ1) is 16.4. The minimum atomic E-state index is -0.981. The van der Waals surface area contributed by atoms with Crippen molar-refractivity contribution in [2.45, 2.75) is 6.54 Å². The molecule has 1 fully saturated rings. The van der Waals surface area contributed by atoms with E-state index < -0.39 is 5.97 Å². The van der Waals surface area contributed by atoms with Crippen LogP contribution in [0, 0.1) is 0 Å². The molecule has 0 saturated carbocycles. The van der Waals surface area contributed by atoms with E-state index in [1.54, 1.807) is 24.1 Å². The number of carboxylic acid groups (broad SMARTS) is 1. The molecule has 0 aliphatic carbocycles. The summed E-state index contributed by atoms with van der Waals surface area (Å²) in [4.78, 5) is 42.0. The molecule has 3 heterocycles. The van der Waals surface area contributed by atoms with Gasteiger partial charge in [0.2, 0.25) is 11.9 Å². The van der Waals surface area contributed by atoms with Gasteiger partial charge >= 0.3 is 5.97 Å². The summed E-state index contributed by atoms with van der Waals surface area (Å²) in [5.74, 6) is 0.345. The number of benzene rings is 1. The number of amides is 1. The molecule has 0 radical (unpaired) electrons. The minimum Gasteiger partial charge on any atom is -0.478 e. The second kappa shape index (κ2) is 10.3. The molecule has 34 heavy (non-hydrogen) atoms. The van der Waals surface area contributed by atoms with Crippen LogP contribution in [-0.4, -0.2) is 76.6 Å². The minimum absolute atomic E-state index is 0.00668. The molecule has 1 aliphatic rings. The van der Waals surface area contributed by atoms with Gasteiger partial charge in [0, 0.05) is 63.9 Å². The van der Waals surface area contributed by atoms with E-state index in [-0.39, 0.29) is 18.0 Å². The van der Waals surface area contributed by atoms with Crippen LogP contribution in [0.5, 0.6) is 0 Å². The van der Waals surface area contributed by atoms with Gasteiger partial charge in [-0.25, -0.2) is 19.7 Å². The molecule has 10 heteroatoms. The van der Waals surface area contributed by atoms with Gasteiger partial charge in [0.25, 0.3) is 0 Å². The highest BCUT2D eigenvalue weighted by atomic mass is 16.4. The van der Waals surface area contributed by atoms with E-state index in [1.165, 1.54) is 6.20 Å². The number of pyridine rings is 1. The number of carboxylic acids is 1. The van der Waals surface area contributed by atoms with E-state index in [0.717, 1.165) is 48.7 Å². The fourth-order valence-corrected chi connectivity index (χ4v) is 3.84. The molecule has 1 saturated heterocycles. The molecule has 1 aliphatic heterocycles. The third-order valence-electron chi connectivity index (χ3n) is 5.80. The van der Waals surface area contributed by atoms with E-state index in [9.17, 15) is 9.59 Å². The molecule has 10 nitrogen and oxygen atoms in total. The van der Waals surface area contributed by atoms with E-state index in [0.29, 0.717) is 12.5 Å². The third-order valence-corrected chi connectivity index (χ3v) is 5.80. The Kier molecular flexibility index (Phi) is 6.98. The van der Waals surface area contributed by atoms with Crippen LogP contribution in [0.15, 0.2) is 55.0 Å². The largest absolute Gasteiger partial charge is 0.478 e. The lowest BCUT2D eigenvalue weighted by atomic mass is 10.1. The Labute approximate surface area is 197 Å². The number of aromatic carboxylic acids is 1. The number of anilines is 2. The van der Waals surface area contributed by atoms with Crippen LogP contribution in [0.4, 0.5) is 11.8 Å². The van der Waals surface area contributed by atoms with Gasteiger partial charge in [-0.1, -0.05) is 18.2 Å². The number of hydrogen-bond acceptors (Lipinski definition) is 8. The maximum absolute atomic E-state index is 11.7. The van der Waals surface area contributed by atoms with Crippen molar-refractivity contribution in [3.8, 4) is 11.1 Å². The fourth-order valence-electron chi connectivity index (χ4n) is 3.84. The van der Waals surface area contributed by atoms with Gasteiger partial charge in [-0.2, -0.15) is 0 Å². The lowest BCUT2D eigenvalue weighted by Crippen LogP contribution is -2.47. The van der Waals surface area contributed by atoms with Crippen molar-refractivity contribution in [1.29, 1.82) is 0 Å². The quantitative estimate of drug-likeness (QED) is 0.537. The Balaban J connectivity index is 1.37. The molecule has 0 atom stereocenters. The second-order valence-electron chi connectivity index (χ2n) is 8.11. The van der Waals surface area contributed by atoms with Crippen LogP contribution in [0.25, 0.3) is 11.1 Å². The zero-order valence-corrected chi connectivity index (χ0v) is 19.0. The van der Waals surface area contributed by atoms with Gasteiger partial charge in [0.05, 0.1) is 12.1 Å². The van der Waals surface area contributed by atoms with Crippen molar-refractivity contribution in [1.82, 2.24) is 19.9 Å². The Morgan fingerprint density at radius 3 is 2.29 bits per heavy atom. The van der Waals surface area contributed by atoms with Crippen LogP contribution >= 0.6 is 0 Å². The number of nitrogens with zero attached hydrogens (tertiary/aromatic N) is 6. The predicted molar refractivity (Wildman–Crippen MR) is 129 cm³/mol. The highest BCUT2D eigenvalue weighted by Gasteiger charge is 2.20. The molecule has 3 N–H and O–H groups in total. The van der Waals surface area contributed by atoms with Gasteiger partial charge in [-0.15, -0.1) is 0 Å². The molecule has 0 spiro atoms. The van der Waals surface area contributed by atoms with Crippen LogP contribution in [0.2, 0.25) is 0 Å². The molecule has 4 rings (SSSR count). The van der Waals surface area contributed by atoms with E-state index >= 15 is 0 Å². The molecular formula is C24H27N7O3. The molecule has 1 aromatic carbocycles. The van der Waals surface area contributed by atoms with Crippen molar-refractivity contribution >= 4 is 23.6 Å². The Hall–Kier alpha value is -4.05. The first-order valence-electron chi connectivity index (χ1n) is 11.0. The van der Waals surface area contributed by atoms with E-state index in [4.69, 9.17) is 10.8 Å². The number of aromatic nitrogens is 3. The van der Waals surface area contributed by atoms with E-state index in [1.807, 2.05) is 36.7 Å². The summed E-state index contributed by atoms with van der Waals surface area (Å²) in [6.45, 7) is 3.43. The van der Waals surface area contributed by atoms with Crippen molar-refractivity contribution in [2.75, 3.05) is 49.6 Å². The van der Waals surface area contributed by atoms with Crippen molar-refractivity contribution in [3.05, 3.63) is 66.1 Å². The summed E-state index contributed by atoms with van der Waals surface area (Å²) in [7, 11) is 1.74. The van der Waals surface area contributed by atoms with Gasteiger partial charge in [0.15, 0.2) is 0 Å². The molecule has 0 unspecified atom stereocenters. The summed E-state index contributed by atoms with van der Waals surface area (Å²) in [5.41, 5.74) is 8.51. The van der Waals surface area contributed by atoms with Crippen LogP contribution in [0.3, 0.4) is 0 Å². The highest BCUT2D eigenvalue weighted by Crippen LogP contribution is 2.22. The Morgan fingerprint density at radius 2 is 1.68 bits per heavy atom. The number of hydrogen-bond donors (Lipinski definition) is 2. The summed E-state index contributed by atoms with van der Waals surface area (Å²) in [6, 6.07) is 11.3. The number of nitrogens with two attached hydrogens (primary N) is 1. The van der Waals surface area contributed by atoms with Crippen LogP contribution in [-0.2, 0) is 11.3 Å². The maximum Gasteiger partial charge on any atom is 0.337 e. The van der Waals surface area contributed by atoms with Crippen LogP contribution < -0.4 is 15.5 Å². The average Bonchev–Trinajstić information content (AvgIpc) is 2.88. The number of piperazine rings is 1. The second-order valence-corrected chi connectivity index (χ2v) is 8.11. The van der Waals surface area contributed by atoms with Gasteiger partial charge in [-0.3, -0.25) is 4.79 Å². The standard InChI is InChI=1S/C24H27N7O3/c1-29(22(32)12-25)16-17-3-2-4-18(11-17)20-14-27-24(28-15-20)31-9-7-30(8-10-31)21-6-5-19(13-26-21)23(33)34/h2-6,11,13-15H,7-10,12,16,25H2,1H3,(H,33,34). The summed E-state index contributed by atoms with van der Waals surface area (Å²) >= 11 is 0. The number of rotatable bonds is 7. The molecule has 3 aromatic rings. The molecular weight excluding hydrogens is 434 g/mol. The summed E-state index contributed by atoms with van der Waals surface area (Å²) in [5, 5.41) is 9.02. The topological polar surface area (TPSA) is 129 Å². The highest BCUT2D eigenvalue weighted by molar-refractivity contribution is 5.87. The molecule has 1 amide bonds. The lowest BCUT2D eigenvalue weighted by molar-refractivity contribution is -0.128. The predicted octanol–water partition coefficient (Wildman–Crippen LogP) is 1.48. The molecule has 0 bridgehead atoms. The zero-order chi connectivity index (χ0) is 24.1. The lowest BCUT2D eigenvalue weighted by Gasteiger charge is -2.35. The first kappa shape index (κ1) is 23.1. The van der Waals surface area contributed by atoms with Gasteiger partial charge in [0.1, 0.15) is 5.82 Å². The van der Waals surface area contributed by atoms with Gasteiger partial charge < -0.3 is 25.5 Å². The molecule has 2 aromatic heterocycles. The fraction of sp³-hybridized carbons (Fsp3) is 0.292. The third kappa shape index (κ3) is 5.29. The normalized spacial score (nSPS) is 13.6. The zero-order valence-electron chi connectivity index (χ0n) is 19.0. The number of carbonyl (C=O) groups excluding carboxylic acids is 1. The summed E-state index contributed by atoms with van der Waals surface area (Å²) < 4.78 is 0. The Morgan fingerprint density at radius 1 is 0.971 bits per heavy atom. The van der Waals surface area contributed by atoms with Gasteiger partial charge in [-0.05, 0) is 29.3 Å². The maximum atomic E-state index is 11.7. The SMILES string of the molecule is CN(Cc1cccc(-c2cnc(N3CCN(c4ccc(C(=O)O)cn4)CC3)nc2)c1)C(=O)CN. The van der Waals surface area contributed by atoms with Crippen molar-refractivity contribution < 1.29 is 14.7 Å². The monoisotopic (exact) mass is 461 g/mol.